The number of aromatic nitrogens is 2. The zero-order valence-electron chi connectivity index (χ0n) is 19.4. The summed E-state index contributed by atoms with van der Waals surface area (Å²) in [6, 6.07) is -4.44. The Balaban J connectivity index is 2.12. The van der Waals surface area contributed by atoms with Gasteiger partial charge < -0.3 is 42.8 Å². The van der Waals surface area contributed by atoms with E-state index in [1.165, 1.54) is 12.5 Å². The zero-order valence-corrected chi connectivity index (χ0v) is 19.4. The van der Waals surface area contributed by atoms with Gasteiger partial charge in [-0.2, -0.15) is 0 Å². The van der Waals surface area contributed by atoms with Gasteiger partial charge in [-0.15, -0.1) is 0 Å². The summed E-state index contributed by atoms with van der Waals surface area (Å²) in [7, 11) is 0. The number of carboxylic acids is 1. The van der Waals surface area contributed by atoms with Gasteiger partial charge in [0.2, 0.25) is 23.6 Å². The Kier molecular flexibility index (Phi) is 10.6. The normalized spacial score (nSPS) is 17.9. The van der Waals surface area contributed by atoms with Gasteiger partial charge in [0.25, 0.3) is 0 Å². The Bertz CT molecular complexity index is 892. The quantitative estimate of drug-likeness (QED) is 0.133. The van der Waals surface area contributed by atoms with Crippen molar-refractivity contribution < 1.29 is 29.1 Å². The van der Waals surface area contributed by atoms with Crippen LogP contribution in [0.2, 0.25) is 0 Å². The number of hydrogen-bond donors (Lipinski definition) is 7. The average Bonchev–Trinajstić information content (AvgIpc) is 3.49. The molecular weight excluding hydrogens is 460 g/mol. The van der Waals surface area contributed by atoms with Gasteiger partial charge in [-0.1, -0.05) is 0 Å². The van der Waals surface area contributed by atoms with Crippen molar-refractivity contribution in [2.45, 2.75) is 69.1 Å². The van der Waals surface area contributed by atoms with Gasteiger partial charge in [0.1, 0.15) is 18.1 Å². The number of primary amides is 1. The van der Waals surface area contributed by atoms with Crippen molar-refractivity contribution in [3.05, 3.63) is 18.2 Å². The lowest BCUT2D eigenvalue weighted by Gasteiger charge is -2.28. The molecule has 4 atom stereocenters. The number of imidazole rings is 1. The highest BCUT2D eigenvalue weighted by Gasteiger charge is 2.39. The number of aromatic amines is 1. The molecule has 1 aliphatic heterocycles. The average molecular weight is 495 g/mol. The van der Waals surface area contributed by atoms with E-state index in [2.05, 4.69) is 20.6 Å². The van der Waals surface area contributed by atoms with E-state index >= 15 is 0 Å². The van der Waals surface area contributed by atoms with Crippen LogP contribution >= 0.6 is 0 Å². The Labute approximate surface area is 202 Å². The van der Waals surface area contributed by atoms with E-state index in [0.717, 1.165) is 4.90 Å². The predicted octanol–water partition coefficient (Wildman–Crippen LogP) is -2.67. The molecule has 0 aromatic carbocycles. The monoisotopic (exact) mass is 494 g/mol. The van der Waals surface area contributed by atoms with Gasteiger partial charge >= 0.3 is 5.97 Å². The van der Waals surface area contributed by atoms with Crippen molar-refractivity contribution in [2.75, 3.05) is 13.1 Å². The third-order valence-corrected chi connectivity index (χ3v) is 5.75. The van der Waals surface area contributed by atoms with Crippen molar-refractivity contribution in [1.29, 1.82) is 0 Å². The summed E-state index contributed by atoms with van der Waals surface area (Å²) < 4.78 is 0. The number of rotatable bonds is 14. The Morgan fingerprint density at radius 3 is 2.49 bits per heavy atom. The zero-order chi connectivity index (χ0) is 26.0. The minimum absolute atomic E-state index is 0.164. The number of nitrogens with one attached hydrogen (secondary N) is 3. The molecule has 1 saturated heterocycles. The summed E-state index contributed by atoms with van der Waals surface area (Å²) in [6.45, 7) is 0.565. The topological polar surface area (TPSA) is 240 Å². The first kappa shape index (κ1) is 27.7. The molecule has 2 rings (SSSR count). The molecule has 1 aromatic rings. The van der Waals surface area contributed by atoms with Crippen LogP contribution in [0.1, 0.15) is 44.2 Å². The van der Waals surface area contributed by atoms with Crippen LogP contribution in [0, 0.1) is 0 Å². The van der Waals surface area contributed by atoms with Gasteiger partial charge in [-0.05, 0) is 38.6 Å². The lowest BCUT2D eigenvalue weighted by molar-refractivity contribution is -0.149. The highest BCUT2D eigenvalue weighted by atomic mass is 16.4. The Morgan fingerprint density at radius 2 is 1.89 bits per heavy atom. The molecule has 0 saturated carbocycles. The standard InChI is InChI=1S/C21H34N8O6/c22-6-2-1-4-14(27-18(31)13(23)8-12-10-25-11-26-12)19(32)28-15(9-17(24)30)20(33)29-7-3-5-16(29)21(34)35/h10-11,13-16H,1-9,22-23H2,(H2,24,30)(H,25,26)(H,27,31)(H,28,32)(H,34,35). The summed E-state index contributed by atoms with van der Waals surface area (Å²) in [6.07, 6.45) is 4.69. The van der Waals surface area contributed by atoms with Crippen LogP contribution in [0.3, 0.4) is 0 Å². The van der Waals surface area contributed by atoms with E-state index in [1.807, 2.05) is 0 Å². The summed E-state index contributed by atoms with van der Waals surface area (Å²) in [5.74, 6) is -4.03. The fourth-order valence-corrected chi connectivity index (χ4v) is 3.93. The molecule has 0 spiro atoms. The van der Waals surface area contributed by atoms with E-state index in [0.29, 0.717) is 31.5 Å². The first-order chi connectivity index (χ1) is 16.6. The number of carbonyl (C=O) groups excluding carboxylic acids is 4. The second-order valence-electron chi connectivity index (χ2n) is 8.49. The maximum absolute atomic E-state index is 13.1. The van der Waals surface area contributed by atoms with Gasteiger partial charge in [-0.3, -0.25) is 19.2 Å². The van der Waals surface area contributed by atoms with E-state index in [9.17, 15) is 29.1 Å². The van der Waals surface area contributed by atoms with Crippen LogP contribution in [0.4, 0.5) is 0 Å². The fraction of sp³-hybridized carbons (Fsp3) is 0.619. The minimum Gasteiger partial charge on any atom is -0.480 e. The van der Waals surface area contributed by atoms with Crippen LogP contribution in [0.25, 0.3) is 0 Å². The molecule has 0 bridgehead atoms. The summed E-state index contributed by atoms with van der Waals surface area (Å²) in [5.41, 5.74) is 17.4. The molecule has 4 unspecified atom stereocenters. The molecule has 1 aromatic heterocycles. The molecule has 14 nitrogen and oxygen atoms in total. The summed E-state index contributed by atoms with van der Waals surface area (Å²) in [4.78, 5) is 69.7. The number of aliphatic carboxylic acids is 1. The molecule has 194 valence electrons. The predicted molar refractivity (Wildman–Crippen MR) is 123 cm³/mol. The molecule has 2 heterocycles. The number of carbonyl (C=O) groups is 5. The number of nitrogens with two attached hydrogens (primary N) is 3. The van der Waals surface area contributed by atoms with Gasteiger partial charge in [0.15, 0.2) is 0 Å². The smallest absolute Gasteiger partial charge is 0.326 e. The SMILES string of the molecule is NCCCCC(NC(=O)C(N)Cc1cnc[nH]1)C(=O)NC(CC(N)=O)C(=O)N1CCCC1C(=O)O. The third-order valence-electron chi connectivity index (χ3n) is 5.75. The van der Waals surface area contributed by atoms with Crippen molar-refractivity contribution >= 4 is 29.6 Å². The van der Waals surface area contributed by atoms with Gasteiger partial charge in [0.05, 0.1) is 18.8 Å². The lowest BCUT2D eigenvalue weighted by Crippen LogP contribution is -2.58. The highest BCUT2D eigenvalue weighted by Crippen LogP contribution is 2.19. The number of H-pyrrole nitrogens is 1. The van der Waals surface area contributed by atoms with Crippen molar-refractivity contribution in [1.82, 2.24) is 25.5 Å². The van der Waals surface area contributed by atoms with Crippen LogP contribution < -0.4 is 27.8 Å². The second kappa shape index (κ2) is 13.4. The molecular formula is C21H34N8O6. The van der Waals surface area contributed by atoms with Crippen LogP contribution in [0.15, 0.2) is 12.5 Å². The summed E-state index contributed by atoms with van der Waals surface area (Å²) in [5, 5.41) is 14.5. The number of amides is 4. The first-order valence-corrected chi connectivity index (χ1v) is 11.5. The van der Waals surface area contributed by atoms with Crippen molar-refractivity contribution in [3.63, 3.8) is 0 Å². The molecule has 1 aliphatic rings. The maximum Gasteiger partial charge on any atom is 0.326 e. The lowest BCUT2D eigenvalue weighted by atomic mass is 10.1. The van der Waals surface area contributed by atoms with E-state index in [1.54, 1.807) is 0 Å². The van der Waals surface area contributed by atoms with Crippen LogP contribution in [-0.4, -0.2) is 86.8 Å². The molecule has 35 heavy (non-hydrogen) atoms. The molecule has 1 fully saturated rings. The summed E-state index contributed by atoms with van der Waals surface area (Å²) >= 11 is 0. The number of likely N-dealkylation sites (tertiary alicyclic amines) is 1. The number of nitrogens with zero attached hydrogens (tertiary/aromatic N) is 2. The molecule has 14 heteroatoms. The number of hydrogen-bond acceptors (Lipinski definition) is 8. The van der Waals surface area contributed by atoms with Gasteiger partial charge in [0, 0.05) is 24.9 Å². The van der Waals surface area contributed by atoms with Crippen LogP contribution in [-0.2, 0) is 30.4 Å². The highest BCUT2D eigenvalue weighted by molar-refractivity contribution is 5.96. The molecule has 0 aliphatic carbocycles. The van der Waals surface area contributed by atoms with E-state index in [-0.39, 0.29) is 25.8 Å². The third kappa shape index (κ3) is 8.33. The van der Waals surface area contributed by atoms with E-state index in [4.69, 9.17) is 17.2 Å². The van der Waals surface area contributed by atoms with E-state index < -0.39 is 60.2 Å². The van der Waals surface area contributed by atoms with Crippen LogP contribution in [0.5, 0.6) is 0 Å². The number of carboxylic acid groups (broad SMARTS) is 1. The second-order valence-corrected chi connectivity index (χ2v) is 8.49. The minimum atomic E-state index is -1.37. The molecule has 4 amide bonds. The largest absolute Gasteiger partial charge is 0.480 e. The Hall–Kier alpha value is -3.52. The fourth-order valence-electron chi connectivity index (χ4n) is 3.93. The van der Waals surface area contributed by atoms with Gasteiger partial charge in [-0.25, -0.2) is 9.78 Å². The first-order valence-electron chi connectivity index (χ1n) is 11.5. The number of unbranched alkanes of at least 4 members (excludes halogenated alkanes) is 1. The maximum atomic E-state index is 13.1. The van der Waals surface area contributed by atoms with Crippen molar-refractivity contribution in [2.24, 2.45) is 17.2 Å². The Morgan fingerprint density at radius 1 is 1.17 bits per heavy atom. The molecule has 0 radical (unpaired) electrons. The molecule has 10 N–H and O–H groups in total. The van der Waals surface area contributed by atoms with Crippen molar-refractivity contribution in [3.8, 4) is 0 Å².